The molecular formula is C16H14BrNO2S. The maximum absolute atomic E-state index is 12.1. The first kappa shape index (κ1) is 14.5. The second-order valence-corrected chi connectivity index (χ2v) is 6.69. The van der Waals surface area contributed by atoms with E-state index < -0.39 is 0 Å². The number of hydrogen-bond acceptors (Lipinski definition) is 3. The summed E-state index contributed by atoms with van der Waals surface area (Å²) in [5.74, 6) is 1.62. The quantitative estimate of drug-likeness (QED) is 0.769. The molecule has 0 aliphatic carbocycles. The highest BCUT2D eigenvalue weighted by atomic mass is 79.9. The minimum absolute atomic E-state index is 0.00858. The number of thioether (sulfide) groups is 1. The van der Waals surface area contributed by atoms with Crippen molar-refractivity contribution in [2.45, 2.75) is 4.90 Å². The van der Waals surface area contributed by atoms with Crippen LogP contribution in [0.25, 0.3) is 0 Å². The molecule has 1 heterocycles. The van der Waals surface area contributed by atoms with Gasteiger partial charge in [-0.05, 0) is 30.3 Å². The summed E-state index contributed by atoms with van der Waals surface area (Å²) in [6, 6.07) is 16.0. The maximum Gasteiger partial charge on any atom is 0.265 e. The number of halogens is 1. The number of carbonyl (C=O) groups excluding carboxylic acids is 1. The lowest BCUT2D eigenvalue weighted by atomic mass is 10.2. The lowest BCUT2D eigenvalue weighted by molar-refractivity contribution is -0.121. The standard InChI is InChI=1S/C16H14BrNO2S/c17-12-6-7-15-14(10-12)18(16(19)11-20-15)8-9-21-13-4-2-1-3-5-13/h1-7,10H,8-9,11H2. The normalized spacial score (nSPS) is 13.8. The van der Waals surface area contributed by atoms with Crippen molar-refractivity contribution >= 4 is 39.3 Å². The highest BCUT2D eigenvalue weighted by molar-refractivity contribution is 9.10. The summed E-state index contributed by atoms with van der Waals surface area (Å²) >= 11 is 5.19. The number of hydrogen-bond donors (Lipinski definition) is 0. The molecule has 0 unspecified atom stereocenters. The Balaban J connectivity index is 1.70. The van der Waals surface area contributed by atoms with E-state index in [1.807, 2.05) is 36.4 Å². The number of amides is 1. The molecule has 0 aromatic heterocycles. The van der Waals surface area contributed by atoms with Crippen molar-refractivity contribution in [2.75, 3.05) is 23.8 Å². The van der Waals surface area contributed by atoms with Crippen LogP contribution in [0.4, 0.5) is 5.69 Å². The molecule has 3 nitrogen and oxygen atoms in total. The van der Waals surface area contributed by atoms with Crippen LogP contribution in [0, 0.1) is 0 Å². The molecule has 5 heteroatoms. The number of fused-ring (bicyclic) bond motifs is 1. The molecule has 108 valence electrons. The van der Waals surface area contributed by atoms with E-state index in [1.54, 1.807) is 16.7 Å². The van der Waals surface area contributed by atoms with Gasteiger partial charge in [0.15, 0.2) is 6.61 Å². The Hall–Kier alpha value is -1.46. The van der Waals surface area contributed by atoms with Crippen LogP contribution in [0.5, 0.6) is 5.75 Å². The number of carbonyl (C=O) groups is 1. The van der Waals surface area contributed by atoms with Gasteiger partial charge in [-0.3, -0.25) is 4.79 Å². The van der Waals surface area contributed by atoms with Gasteiger partial charge in [-0.2, -0.15) is 0 Å². The lowest BCUT2D eigenvalue weighted by Crippen LogP contribution is -2.40. The van der Waals surface area contributed by atoms with Crippen molar-refractivity contribution < 1.29 is 9.53 Å². The van der Waals surface area contributed by atoms with Gasteiger partial charge >= 0.3 is 0 Å². The van der Waals surface area contributed by atoms with E-state index >= 15 is 0 Å². The number of anilines is 1. The molecular weight excluding hydrogens is 350 g/mol. The maximum atomic E-state index is 12.1. The Morgan fingerprint density at radius 2 is 2.00 bits per heavy atom. The summed E-state index contributed by atoms with van der Waals surface area (Å²) in [5, 5.41) is 0. The monoisotopic (exact) mass is 363 g/mol. The van der Waals surface area contributed by atoms with E-state index in [-0.39, 0.29) is 12.5 Å². The van der Waals surface area contributed by atoms with Gasteiger partial charge in [-0.15, -0.1) is 11.8 Å². The fraction of sp³-hybridized carbons (Fsp3) is 0.188. The van der Waals surface area contributed by atoms with Crippen LogP contribution in [0.15, 0.2) is 57.9 Å². The first-order valence-electron chi connectivity index (χ1n) is 6.64. The minimum atomic E-state index is 0.00858. The van der Waals surface area contributed by atoms with Gasteiger partial charge in [0.25, 0.3) is 5.91 Å². The zero-order valence-corrected chi connectivity index (χ0v) is 13.7. The average Bonchev–Trinajstić information content (AvgIpc) is 2.50. The summed E-state index contributed by atoms with van der Waals surface area (Å²) < 4.78 is 6.41. The van der Waals surface area contributed by atoms with E-state index in [9.17, 15) is 4.79 Å². The molecule has 1 aliphatic rings. The highest BCUT2D eigenvalue weighted by Crippen LogP contribution is 2.34. The molecule has 3 rings (SSSR count). The van der Waals surface area contributed by atoms with Crippen molar-refractivity contribution in [3.63, 3.8) is 0 Å². The predicted molar refractivity (Wildman–Crippen MR) is 89.2 cm³/mol. The summed E-state index contributed by atoms with van der Waals surface area (Å²) in [6.45, 7) is 0.788. The largest absolute Gasteiger partial charge is 0.482 e. The minimum Gasteiger partial charge on any atom is -0.482 e. The summed E-state index contributed by atoms with van der Waals surface area (Å²) in [7, 11) is 0. The molecule has 0 spiro atoms. The number of nitrogens with zero attached hydrogens (tertiary/aromatic N) is 1. The van der Waals surface area contributed by atoms with Crippen LogP contribution in [0.2, 0.25) is 0 Å². The molecule has 0 bridgehead atoms. The molecule has 1 amide bonds. The number of ether oxygens (including phenoxy) is 1. The van der Waals surface area contributed by atoms with Crippen molar-refractivity contribution in [1.82, 2.24) is 0 Å². The molecule has 0 saturated heterocycles. The SMILES string of the molecule is O=C1COc2ccc(Br)cc2N1CCSc1ccccc1. The van der Waals surface area contributed by atoms with Crippen molar-refractivity contribution in [3.8, 4) is 5.75 Å². The molecule has 1 aliphatic heterocycles. The summed E-state index contributed by atoms with van der Waals surface area (Å²) in [6.07, 6.45) is 0. The third kappa shape index (κ3) is 3.41. The van der Waals surface area contributed by atoms with Gasteiger partial charge in [0, 0.05) is 21.7 Å². The fourth-order valence-electron chi connectivity index (χ4n) is 2.19. The van der Waals surface area contributed by atoms with Crippen LogP contribution < -0.4 is 9.64 Å². The summed E-state index contributed by atoms with van der Waals surface area (Å²) in [4.78, 5) is 15.1. The van der Waals surface area contributed by atoms with E-state index in [2.05, 4.69) is 28.1 Å². The highest BCUT2D eigenvalue weighted by Gasteiger charge is 2.25. The van der Waals surface area contributed by atoms with Crippen LogP contribution in [0.1, 0.15) is 0 Å². The first-order valence-corrected chi connectivity index (χ1v) is 8.42. The zero-order valence-electron chi connectivity index (χ0n) is 11.3. The second kappa shape index (κ2) is 6.54. The van der Waals surface area contributed by atoms with Gasteiger partial charge in [0.05, 0.1) is 5.69 Å². The Labute approximate surface area is 136 Å². The van der Waals surface area contributed by atoms with Gasteiger partial charge in [-0.1, -0.05) is 34.1 Å². The molecule has 21 heavy (non-hydrogen) atoms. The Morgan fingerprint density at radius 1 is 1.19 bits per heavy atom. The van der Waals surface area contributed by atoms with Crippen LogP contribution >= 0.6 is 27.7 Å². The van der Waals surface area contributed by atoms with Crippen LogP contribution in [-0.4, -0.2) is 24.8 Å². The Morgan fingerprint density at radius 3 is 2.81 bits per heavy atom. The van der Waals surface area contributed by atoms with Gasteiger partial charge in [-0.25, -0.2) is 0 Å². The Kier molecular flexibility index (Phi) is 4.51. The smallest absolute Gasteiger partial charge is 0.265 e. The fourth-order valence-corrected chi connectivity index (χ4v) is 3.40. The van der Waals surface area contributed by atoms with Crippen molar-refractivity contribution in [1.29, 1.82) is 0 Å². The molecule has 0 radical (unpaired) electrons. The van der Waals surface area contributed by atoms with Crippen LogP contribution in [-0.2, 0) is 4.79 Å². The van der Waals surface area contributed by atoms with E-state index in [0.717, 1.165) is 21.7 Å². The third-order valence-electron chi connectivity index (χ3n) is 3.19. The molecule has 2 aromatic carbocycles. The lowest BCUT2D eigenvalue weighted by Gasteiger charge is -2.29. The predicted octanol–water partition coefficient (Wildman–Crippen LogP) is 3.97. The van der Waals surface area contributed by atoms with E-state index in [1.165, 1.54) is 4.90 Å². The molecule has 0 saturated carbocycles. The van der Waals surface area contributed by atoms with Crippen molar-refractivity contribution in [2.24, 2.45) is 0 Å². The molecule has 2 aromatic rings. The van der Waals surface area contributed by atoms with Gasteiger partial charge in [0.1, 0.15) is 5.75 Å². The van der Waals surface area contributed by atoms with Gasteiger partial charge < -0.3 is 9.64 Å². The van der Waals surface area contributed by atoms with Crippen LogP contribution in [0.3, 0.4) is 0 Å². The topological polar surface area (TPSA) is 29.5 Å². The van der Waals surface area contributed by atoms with E-state index in [4.69, 9.17) is 4.74 Å². The number of rotatable bonds is 4. The molecule has 0 N–H and O–H groups in total. The molecule has 0 fully saturated rings. The van der Waals surface area contributed by atoms with E-state index in [0.29, 0.717) is 6.54 Å². The average molecular weight is 364 g/mol. The Bertz CT molecular complexity index is 648. The first-order chi connectivity index (χ1) is 10.2. The third-order valence-corrected chi connectivity index (χ3v) is 4.68. The number of benzene rings is 2. The van der Waals surface area contributed by atoms with Gasteiger partial charge in [0.2, 0.25) is 0 Å². The summed E-state index contributed by atoms with van der Waals surface area (Å²) in [5.41, 5.74) is 0.842. The molecule has 0 atom stereocenters. The second-order valence-electron chi connectivity index (χ2n) is 4.61. The zero-order chi connectivity index (χ0) is 14.7. The van der Waals surface area contributed by atoms with Crippen molar-refractivity contribution in [3.05, 3.63) is 53.0 Å².